The summed E-state index contributed by atoms with van der Waals surface area (Å²) in [7, 11) is -1.86. The maximum atomic E-state index is 12.6. The molecular formula is C14H22N2O3S. The van der Waals surface area contributed by atoms with E-state index >= 15 is 0 Å². The zero-order valence-corrected chi connectivity index (χ0v) is 13.0. The third-order valence-electron chi connectivity index (χ3n) is 3.50. The molecule has 1 atom stereocenters. The Morgan fingerprint density at radius 2 is 2.15 bits per heavy atom. The van der Waals surface area contributed by atoms with Crippen molar-refractivity contribution in [3.8, 4) is 0 Å². The molecule has 0 saturated carbocycles. The number of morpholine rings is 1. The van der Waals surface area contributed by atoms with E-state index in [-0.39, 0.29) is 6.10 Å². The summed E-state index contributed by atoms with van der Waals surface area (Å²) in [6.45, 7) is 6.22. The summed E-state index contributed by atoms with van der Waals surface area (Å²) in [6, 6.07) is 5.48. The van der Waals surface area contributed by atoms with Gasteiger partial charge in [0, 0.05) is 26.7 Å². The minimum atomic E-state index is -3.47. The first-order valence-corrected chi connectivity index (χ1v) is 8.21. The summed E-state index contributed by atoms with van der Waals surface area (Å²) in [4.78, 5) is 0.378. The Kier molecular flexibility index (Phi) is 4.80. The predicted molar refractivity (Wildman–Crippen MR) is 78.3 cm³/mol. The molecule has 1 heterocycles. The van der Waals surface area contributed by atoms with Gasteiger partial charge in [-0.1, -0.05) is 12.1 Å². The maximum Gasteiger partial charge on any atom is 0.243 e. The summed E-state index contributed by atoms with van der Waals surface area (Å²) >= 11 is 0. The van der Waals surface area contributed by atoms with Crippen LogP contribution in [0.5, 0.6) is 0 Å². The van der Waals surface area contributed by atoms with Gasteiger partial charge < -0.3 is 10.1 Å². The van der Waals surface area contributed by atoms with Crippen LogP contribution in [0.15, 0.2) is 23.1 Å². The monoisotopic (exact) mass is 298 g/mol. The number of hydrogen-bond donors (Lipinski definition) is 1. The number of rotatable bonds is 4. The van der Waals surface area contributed by atoms with Crippen molar-refractivity contribution < 1.29 is 13.2 Å². The standard InChI is InChI=1S/C14H22N2O3S/c1-11-4-5-12(2)14(8-11)20(17,18)16(3)10-13-9-15-6-7-19-13/h4-5,8,13,15H,6-7,9-10H2,1-3H3. The third-order valence-corrected chi connectivity index (χ3v) is 5.46. The van der Waals surface area contributed by atoms with E-state index in [1.165, 1.54) is 4.31 Å². The summed E-state index contributed by atoms with van der Waals surface area (Å²) in [6.07, 6.45) is -0.0892. The van der Waals surface area contributed by atoms with Gasteiger partial charge in [-0.05, 0) is 31.0 Å². The zero-order chi connectivity index (χ0) is 14.8. The van der Waals surface area contributed by atoms with Crippen LogP contribution in [-0.4, -0.2) is 52.1 Å². The number of benzene rings is 1. The average Bonchev–Trinajstić information content (AvgIpc) is 2.42. The highest BCUT2D eigenvalue weighted by atomic mass is 32.2. The lowest BCUT2D eigenvalue weighted by Crippen LogP contribution is -2.45. The minimum absolute atomic E-state index is 0.0892. The van der Waals surface area contributed by atoms with Crippen LogP contribution >= 0.6 is 0 Å². The van der Waals surface area contributed by atoms with Crippen LogP contribution in [0.3, 0.4) is 0 Å². The molecule has 1 fully saturated rings. The number of aryl methyl sites for hydroxylation is 2. The molecule has 0 radical (unpaired) electrons. The second kappa shape index (κ2) is 6.22. The van der Waals surface area contributed by atoms with Crippen molar-refractivity contribution in [2.24, 2.45) is 0 Å². The molecule has 1 aromatic carbocycles. The van der Waals surface area contributed by atoms with E-state index in [9.17, 15) is 8.42 Å². The molecule has 5 nitrogen and oxygen atoms in total. The first-order valence-electron chi connectivity index (χ1n) is 6.77. The molecule has 112 valence electrons. The number of hydrogen-bond acceptors (Lipinski definition) is 4. The fourth-order valence-electron chi connectivity index (χ4n) is 2.27. The van der Waals surface area contributed by atoms with E-state index in [4.69, 9.17) is 4.74 Å². The van der Waals surface area contributed by atoms with Gasteiger partial charge in [-0.15, -0.1) is 0 Å². The van der Waals surface area contributed by atoms with Gasteiger partial charge in [-0.25, -0.2) is 8.42 Å². The summed E-state index contributed by atoms with van der Waals surface area (Å²) in [5.41, 5.74) is 1.71. The van der Waals surface area contributed by atoms with Crippen molar-refractivity contribution in [3.63, 3.8) is 0 Å². The van der Waals surface area contributed by atoms with Gasteiger partial charge in [0.15, 0.2) is 0 Å². The van der Waals surface area contributed by atoms with Crippen LogP contribution < -0.4 is 5.32 Å². The number of nitrogens with one attached hydrogen (secondary N) is 1. The van der Waals surface area contributed by atoms with E-state index in [2.05, 4.69) is 5.32 Å². The Labute approximate surface area is 121 Å². The van der Waals surface area contributed by atoms with Gasteiger partial charge >= 0.3 is 0 Å². The molecule has 1 aromatic rings. The van der Waals surface area contributed by atoms with Crippen LogP contribution in [0, 0.1) is 13.8 Å². The smallest absolute Gasteiger partial charge is 0.243 e. The fraction of sp³-hybridized carbons (Fsp3) is 0.571. The lowest BCUT2D eigenvalue weighted by Gasteiger charge is -2.28. The zero-order valence-electron chi connectivity index (χ0n) is 12.2. The Hall–Kier alpha value is -0.950. The molecule has 0 spiro atoms. The molecule has 6 heteroatoms. The predicted octanol–water partition coefficient (Wildman–Crippen LogP) is 0.912. The molecule has 1 aliphatic heterocycles. The van der Waals surface area contributed by atoms with Gasteiger partial charge in [-0.3, -0.25) is 0 Å². The number of ether oxygens (including phenoxy) is 1. The first kappa shape index (κ1) is 15.4. The largest absolute Gasteiger partial charge is 0.374 e. The molecule has 0 aliphatic carbocycles. The second-order valence-corrected chi connectivity index (χ2v) is 7.26. The van der Waals surface area contributed by atoms with Gasteiger partial charge in [0.1, 0.15) is 0 Å². The van der Waals surface area contributed by atoms with Crippen molar-refractivity contribution >= 4 is 10.0 Å². The van der Waals surface area contributed by atoms with Crippen molar-refractivity contribution in [1.82, 2.24) is 9.62 Å². The molecule has 1 aliphatic rings. The molecule has 2 rings (SSSR count). The second-order valence-electron chi connectivity index (χ2n) is 5.25. The van der Waals surface area contributed by atoms with Gasteiger partial charge in [0.25, 0.3) is 0 Å². The van der Waals surface area contributed by atoms with Crippen LogP contribution in [0.4, 0.5) is 0 Å². The summed E-state index contributed by atoms with van der Waals surface area (Å²) in [5, 5.41) is 3.21. The van der Waals surface area contributed by atoms with Crippen molar-refractivity contribution in [2.75, 3.05) is 33.3 Å². The molecule has 0 amide bonds. The molecule has 1 N–H and O–H groups in total. The number of nitrogens with zero attached hydrogens (tertiary/aromatic N) is 1. The van der Waals surface area contributed by atoms with Crippen LogP contribution in [-0.2, 0) is 14.8 Å². The van der Waals surface area contributed by atoms with E-state index < -0.39 is 10.0 Å². The Morgan fingerprint density at radius 1 is 1.40 bits per heavy atom. The SMILES string of the molecule is Cc1ccc(C)c(S(=O)(=O)N(C)CC2CNCCO2)c1. The van der Waals surface area contributed by atoms with Crippen molar-refractivity contribution in [2.45, 2.75) is 24.8 Å². The Bertz CT molecular complexity index is 566. The molecule has 0 bridgehead atoms. The summed E-state index contributed by atoms with van der Waals surface area (Å²) in [5.74, 6) is 0. The van der Waals surface area contributed by atoms with E-state index in [1.807, 2.05) is 26.0 Å². The molecule has 1 unspecified atom stereocenters. The maximum absolute atomic E-state index is 12.6. The molecule has 1 saturated heterocycles. The summed E-state index contributed by atoms with van der Waals surface area (Å²) < 4.78 is 32.2. The van der Waals surface area contributed by atoms with Gasteiger partial charge in [0.05, 0.1) is 17.6 Å². The third kappa shape index (κ3) is 3.38. The average molecular weight is 298 g/mol. The highest BCUT2D eigenvalue weighted by Gasteiger charge is 2.26. The molecular weight excluding hydrogens is 276 g/mol. The highest BCUT2D eigenvalue weighted by molar-refractivity contribution is 7.89. The van der Waals surface area contributed by atoms with Gasteiger partial charge in [0.2, 0.25) is 10.0 Å². The van der Waals surface area contributed by atoms with Crippen LogP contribution in [0.1, 0.15) is 11.1 Å². The van der Waals surface area contributed by atoms with E-state index in [1.54, 1.807) is 13.1 Å². The van der Waals surface area contributed by atoms with E-state index in [0.29, 0.717) is 24.6 Å². The fourth-order valence-corrected chi connectivity index (χ4v) is 3.78. The number of sulfonamides is 1. The number of likely N-dealkylation sites (N-methyl/N-ethyl adjacent to an activating group) is 1. The normalized spacial score (nSPS) is 20.3. The topological polar surface area (TPSA) is 58.6 Å². The first-order chi connectivity index (χ1) is 9.41. The Balaban J connectivity index is 2.18. The quantitative estimate of drug-likeness (QED) is 0.898. The van der Waals surface area contributed by atoms with E-state index in [0.717, 1.165) is 17.7 Å². The highest BCUT2D eigenvalue weighted by Crippen LogP contribution is 2.20. The molecule has 0 aromatic heterocycles. The lowest BCUT2D eigenvalue weighted by atomic mass is 10.2. The molecule has 20 heavy (non-hydrogen) atoms. The van der Waals surface area contributed by atoms with Crippen molar-refractivity contribution in [3.05, 3.63) is 29.3 Å². The van der Waals surface area contributed by atoms with Crippen LogP contribution in [0.25, 0.3) is 0 Å². The minimum Gasteiger partial charge on any atom is -0.374 e. The van der Waals surface area contributed by atoms with Crippen molar-refractivity contribution in [1.29, 1.82) is 0 Å². The Morgan fingerprint density at radius 3 is 2.80 bits per heavy atom. The van der Waals surface area contributed by atoms with Gasteiger partial charge in [-0.2, -0.15) is 4.31 Å². The van der Waals surface area contributed by atoms with Crippen LogP contribution in [0.2, 0.25) is 0 Å². The lowest BCUT2D eigenvalue weighted by molar-refractivity contribution is 0.0206.